The third-order valence-electron chi connectivity index (χ3n) is 5.22. The number of hydrogen-bond acceptors (Lipinski definition) is 8. The van der Waals surface area contributed by atoms with Crippen LogP contribution in [0, 0.1) is 0 Å². The van der Waals surface area contributed by atoms with E-state index in [-0.39, 0.29) is 5.91 Å². The van der Waals surface area contributed by atoms with Gasteiger partial charge in [0.2, 0.25) is 17.7 Å². The van der Waals surface area contributed by atoms with Crippen LogP contribution < -0.4 is 29.7 Å². The fourth-order valence-corrected chi connectivity index (χ4v) is 3.54. The van der Waals surface area contributed by atoms with Gasteiger partial charge in [0, 0.05) is 24.4 Å². The minimum atomic E-state index is -0.904. The van der Waals surface area contributed by atoms with Crippen molar-refractivity contribution in [1.82, 2.24) is 4.90 Å². The quantitative estimate of drug-likeness (QED) is 0.544. The molecule has 1 atom stereocenters. The first-order chi connectivity index (χ1) is 16.0. The van der Waals surface area contributed by atoms with Gasteiger partial charge in [0.25, 0.3) is 5.91 Å². The van der Waals surface area contributed by atoms with Crippen LogP contribution in [0.3, 0.4) is 0 Å². The number of furan rings is 1. The number of benzene rings is 2. The molecule has 1 aliphatic rings. The molecule has 33 heavy (non-hydrogen) atoms. The van der Waals surface area contributed by atoms with Gasteiger partial charge in [0.15, 0.2) is 11.5 Å². The third kappa shape index (κ3) is 4.10. The maximum absolute atomic E-state index is 13.4. The number of carbonyl (C=O) groups is 1. The van der Waals surface area contributed by atoms with Crippen LogP contribution in [0.4, 0.5) is 0 Å². The highest BCUT2D eigenvalue weighted by Gasteiger charge is 2.28. The Hall–Kier alpha value is -3.98. The first kappa shape index (κ1) is 22.2. The lowest BCUT2D eigenvalue weighted by molar-refractivity contribution is 0.00712. The van der Waals surface area contributed by atoms with Gasteiger partial charge in [-0.15, -0.1) is 0 Å². The summed E-state index contributed by atoms with van der Waals surface area (Å²) in [6.45, 7) is 0. The van der Waals surface area contributed by atoms with Crippen molar-refractivity contribution in [2.45, 2.75) is 6.35 Å². The van der Waals surface area contributed by atoms with Gasteiger partial charge in [-0.25, -0.2) is 0 Å². The predicted octanol–water partition coefficient (Wildman–Crippen LogP) is 2.42. The highest BCUT2D eigenvalue weighted by molar-refractivity contribution is 5.98. The minimum Gasteiger partial charge on any atom is -0.497 e. The van der Waals surface area contributed by atoms with E-state index < -0.39 is 6.35 Å². The minimum absolute atomic E-state index is 0.320. The molecule has 1 amide bonds. The second kappa shape index (κ2) is 9.25. The number of nitrogens with zero attached hydrogens (tertiary/aromatic N) is 2. The molecular weight excluding hydrogens is 428 g/mol. The Morgan fingerprint density at radius 3 is 2.12 bits per heavy atom. The zero-order valence-corrected chi connectivity index (χ0v) is 18.9. The second-order valence-electron chi connectivity index (χ2n) is 7.05. The summed E-state index contributed by atoms with van der Waals surface area (Å²) >= 11 is 0. The van der Waals surface area contributed by atoms with Gasteiger partial charge in [-0.2, -0.15) is 4.99 Å². The van der Waals surface area contributed by atoms with Crippen LogP contribution in [0.2, 0.25) is 0 Å². The average molecular weight is 452 g/mol. The third-order valence-corrected chi connectivity index (χ3v) is 5.22. The summed E-state index contributed by atoms with van der Waals surface area (Å²) in [5.74, 6) is 2.13. The number of methoxy groups -OCH3 is 5. The Labute approximate surface area is 190 Å². The Kier molecular flexibility index (Phi) is 6.23. The zero-order chi connectivity index (χ0) is 23.5. The molecule has 1 unspecified atom stereocenters. The van der Waals surface area contributed by atoms with Crippen LogP contribution >= 0.6 is 0 Å². The SMILES string of the molecule is COc1ccc(-c2cc3c(o2)=NC(OC)N(C(=O)c2cc(OC)c(OC)c(OC)c2)C=3)cc1. The molecule has 3 aromatic rings. The molecule has 172 valence electrons. The molecule has 2 aromatic carbocycles. The summed E-state index contributed by atoms with van der Waals surface area (Å²) < 4.78 is 32.7. The molecule has 9 heteroatoms. The molecule has 1 aromatic heterocycles. The van der Waals surface area contributed by atoms with Crippen molar-refractivity contribution in [2.75, 3.05) is 35.5 Å². The van der Waals surface area contributed by atoms with E-state index in [0.717, 1.165) is 11.3 Å². The van der Waals surface area contributed by atoms with E-state index in [1.807, 2.05) is 30.3 Å². The molecule has 2 heterocycles. The molecule has 4 rings (SSSR count). The van der Waals surface area contributed by atoms with Gasteiger partial charge in [-0.05, 0) is 42.5 Å². The molecule has 1 aliphatic heterocycles. The molecule has 0 saturated carbocycles. The van der Waals surface area contributed by atoms with Crippen LogP contribution in [0.25, 0.3) is 17.5 Å². The first-order valence-corrected chi connectivity index (χ1v) is 10.0. The highest BCUT2D eigenvalue weighted by atomic mass is 16.5. The lowest BCUT2D eigenvalue weighted by Crippen LogP contribution is -2.44. The Morgan fingerprint density at radius 2 is 1.58 bits per heavy atom. The van der Waals surface area contributed by atoms with Crippen LogP contribution in [0.1, 0.15) is 10.4 Å². The molecule has 0 aliphatic carbocycles. The smallest absolute Gasteiger partial charge is 0.261 e. The van der Waals surface area contributed by atoms with Crippen molar-refractivity contribution in [1.29, 1.82) is 0 Å². The number of rotatable bonds is 7. The fourth-order valence-electron chi connectivity index (χ4n) is 3.54. The lowest BCUT2D eigenvalue weighted by atomic mass is 10.1. The van der Waals surface area contributed by atoms with E-state index in [0.29, 0.717) is 39.3 Å². The van der Waals surface area contributed by atoms with Crippen LogP contribution in [-0.2, 0) is 4.74 Å². The Bertz CT molecular complexity index is 1260. The van der Waals surface area contributed by atoms with Crippen LogP contribution in [0.15, 0.2) is 51.9 Å². The topological polar surface area (TPSA) is 92.0 Å². The highest BCUT2D eigenvalue weighted by Crippen LogP contribution is 2.38. The molecule has 0 radical (unpaired) electrons. The maximum Gasteiger partial charge on any atom is 0.261 e. The van der Waals surface area contributed by atoms with Crippen molar-refractivity contribution in [3.05, 3.63) is 58.8 Å². The summed E-state index contributed by atoms with van der Waals surface area (Å²) in [5.41, 5.74) is 1.55. The van der Waals surface area contributed by atoms with Crippen molar-refractivity contribution >= 4 is 12.1 Å². The molecule has 0 bridgehead atoms. The first-order valence-electron chi connectivity index (χ1n) is 10.0. The normalized spacial score (nSPS) is 14.6. The molecule has 0 N–H and O–H groups in total. The second-order valence-corrected chi connectivity index (χ2v) is 7.05. The standard InChI is InChI=1S/C24H24N2O7/c1-28-17-8-6-14(7-9-17)18-12-16-13-26(24(32-5)25-22(16)33-18)23(27)15-10-19(29-2)21(31-4)20(11-15)30-3/h6-13,24H,1-5H3. The van der Waals surface area contributed by atoms with Gasteiger partial charge >= 0.3 is 0 Å². The molecule has 9 nitrogen and oxygen atoms in total. The van der Waals surface area contributed by atoms with Crippen molar-refractivity contribution in [3.63, 3.8) is 0 Å². The van der Waals surface area contributed by atoms with Crippen LogP contribution in [0.5, 0.6) is 23.0 Å². The molecule has 0 spiro atoms. The van der Waals surface area contributed by atoms with E-state index in [1.54, 1.807) is 25.4 Å². The van der Waals surface area contributed by atoms with Gasteiger partial charge < -0.3 is 28.1 Å². The van der Waals surface area contributed by atoms with E-state index >= 15 is 0 Å². The van der Waals surface area contributed by atoms with Crippen molar-refractivity contribution in [2.24, 2.45) is 4.99 Å². The van der Waals surface area contributed by atoms with Gasteiger partial charge in [-0.1, -0.05) is 0 Å². The predicted molar refractivity (Wildman–Crippen MR) is 119 cm³/mol. The molecular formula is C24H24N2O7. The largest absolute Gasteiger partial charge is 0.497 e. The van der Waals surface area contributed by atoms with Gasteiger partial charge in [-0.3, -0.25) is 9.69 Å². The number of amides is 1. The summed E-state index contributed by atoms with van der Waals surface area (Å²) in [6.07, 6.45) is 0.748. The van der Waals surface area contributed by atoms with Gasteiger partial charge in [0.1, 0.15) is 11.5 Å². The van der Waals surface area contributed by atoms with Gasteiger partial charge in [0.05, 0.1) is 33.7 Å². The van der Waals surface area contributed by atoms with Crippen molar-refractivity contribution in [3.8, 4) is 34.3 Å². The van der Waals surface area contributed by atoms with Crippen LogP contribution in [-0.4, -0.2) is 52.7 Å². The summed E-state index contributed by atoms with van der Waals surface area (Å²) in [4.78, 5) is 19.3. The molecule has 0 saturated heterocycles. The van der Waals surface area contributed by atoms with E-state index in [4.69, 9.17) is 28.1 Å². The fraction of sp³-hybridized carbons (Fsp3) is 0.250. The lowest BCUT2D eigenvalue weighted by Gasteiger charge is -2.26. The summed E-state index contributed by atoms with van der Waals surface area (Å²) in [6, 6.07) is 12.4. The van der Waals surface area contributed by atoms with E-state index in [2.05, 4.69) is 4.99 Å². The Balaban J connectivity index is 1.74. The maximum atomic E-state index is 13.4. The summed E-state index contributed by atoms with van der Waals surface area (Å²) in [5, 5.41) is 0.648. The zero-order valence-electron chi connectivity index (χ0n) is 18.9. The number of ether oxygens (including phenoxy) is 5. The number of carbonyl (C=O) groups excluding carboxylic acids is 1. The monoisotopic (exact) mass is 452 g/mol. The molecule has 0 fully saturated rings. The Morgan fingerprint density at radius 1 is 0.909 bits per heavy atom. The van der Waals surface area contributed by atoms with Crippen molar-refractivity contribution < 1.29 is 32.9 Å². The summed E-state index contributed by atoms with van der Waals surface area (Å²) in [7, 11) is 7.56. The number of fused-ring (bicyclic) bond motifs is 1. The average Bonchev–Trinajstić information content (AvgIpc) is 3.29. The number of hydrogen-bond donors (Lipinski definition) is 0. The van der Waals surface area contributed by atoms with E-state index in [9.17, 15) is 4.79 Å². The van der Waals surface area contributed by atoms with E-state index in [1.165, 1.54) is 33.3 Å².